The fraction of sp³-hybridized carbons (Fsp3) is 0.462. The lowest BCUT2D eigenvalue weighted by molar-refractivity contribution is -0.142. The van der Waals surface area contributed by atoms with Crippen LogP contribution < -0.4 is 4.90 Å². The zero-order valence-corrected chi connectivity index (χ0v) is 10.9. The van der Waals surface area contributed by atoms with Gasteiger partial charge in [0, 0.05) is 19.3 Å². The highest BCUT2D eigenvalue weighted by molar-refractivity contribution is 5.70. The van der Waals surface area contributed by atoms with Crippen molar-refractivity contribution in [3.8, 4) is 6.07 Å². The second-order valence-electron chi connectivity index (χ2n) is 3.91. The number of hydrogen-bond acceptors (Lipinski definition) is 5. The predicted octanol–water partition coefficient (Wildman–Crippen LogP) is 1.65. The molecule has 0 fully saturated rings. The van der Waals surface area contributed by atoms with Crippen LogP contribution in [0.5, 0.6) is 0 Å². The van der Waals surface area contributed by atoms with Gasteiger partial charge in [0.05, 0.1) is 18.6 Å². The molecule has 0 radical (unpaired) electrons. The van der Waals surface area contributed by atoms with E-state index in [-0.39, 0.29) is 12.4 Å². The minimum absolute atomic E-state index is 0.240. The van der Waals surface area contributed by atoms with Gasteiger partial charge in [-0.05, 0) is 26.0 Å². The van der Waals surface area contributed by atoms with Gasteiger partial charge in [-0.2, -0.15) is 5.26 Å². The SMILES string of the molecule is CCOC(=O)CCN(C)c1nc(C)ccc1C#N. The highest BCUT2D eigenvalue weighted by Crippen LogP contribution is 2.16. The molecule has 0 atom stereocenters. The van der Waals surface area contributed by atoms with E-state index in [9.17, 15) is 4.79 Å². The maximum atomic E-state index is 11.3. The Hall–Kier alpha value is -2.09. The number of rotatable bonds is 5. The molecule has 96 valence electrons. The molecule has 0 saturated carbocycles. The Kier molecular flexibility index (Phi) is 5.12. The third kappa shape index (κ3) is 3.74. The molecule has 0 aliphatic rings. The second-order valence-corrected chi connectivity index (χ2v) is 3.91. The molecule has 0 amide bonds. The number of carbonyl (C=O) groups excluding carboxylic acids is 1. The Bertz CT molecular complexity index is 466. The molecular formula is C13H17N3O2. The van der Waals surface area contributed by atoms with Gasteiger partial charge in [-0.3, -0.25) is 4.79 Å². The number of carbonyl (C=O) groups is 1. The fourth-order valence-electron chi connectivity index (χ4n) is 1.52. The summed E-state index contributed by atoms with van der Waals surface area (Å²) in [6, 6.07) is 5.62. The summed E-state index contributed by atoms with van der Waals surface area (Å²) in [6.07, 6.45) is 0.283. The van der Waals surface area contributed by atoms with Crippen molar-refractivity contribution in [1.82, 2.24) is 4.98 Å². The van der Waals surface area contributed by atoms with Crippen molar-refractivity contribution in [2.24, 2.45) is 0 Å². The normalized spacial score (nSPS) is 9.67. The number of anilines is 1. The van der Waals surface area contributed by atoms with E-state index in [1.807, 2.05) is 14.0 Å². The van der Waals surface area contributed by atoms with E-state index < -0.39 is 0 Å². The lowest BCUT2D eigenvalue weighted by Crippen LogP contribution is -2.24. The summed E-state index contributed by atoms with van der Waals surface area (Å²) in [5.41, 5.74) is 1.35. The van der Waals surface area contributed by atoms with E-state index in [1.165, 1.54) is 0 Å². The molecule has 1 rings (SSSR count). The molecular weight excluding hydrogens is 230 g/mol. The number of hydrogen-bond donors (Lipinski definition) is 0. The minimum Gasteiger partial charge on any atom is -0.466 e. The number of aryl methyl sites for hydroxylation is 1. The van der Waals surface area contributed by atoms with E-state index in [2.05, 4.69) is 11.1 Å². The third-order valence-corrected chi connectivity index (χ3v) is 2.45. The molecule has 0 unspecified atom stereocenters. The van der Waals surface area contributed by atoms with E-state index in [0.29, 0.717) is 24.5 Å². The largest absolute Gasteiger partial charge is 0.466 e. The lowest BCUT2D eigenvalue weighted by atomic mass is 10.2. The number of nitrogens with zero attached hydrogens (tertiary/aromatic N) is 3. The Morgan fingerprint density at radius 2 is 2.28 bits per heavy atom. The van der Waals surface area contributed by atoms with E-state index >= 15 is 0 Å². The standard InChI is InChI=1S/C13H17N3O2/c1-4-18-12(17)7-8-16(3)13-11(9-14)6-5-10(2)15-13/h5-6H,4,7-8H2,1-3H3. The molecule has 1 aromatic heterocycles. The first-order valence-electron chi connectivity index (χ1n) is 5.83. The maximum Gasteiger partial charge on any atom is 0.307 e. The zero-order chi connectivity index (χ0) is 13.5. The topological polar surface area (TPSA) is 66.2 Å². The molecule has 0 saturated heterocycles. The van der Waals surface area contributed by atoms with Gasteiger partial charge in [-0.15, -0.1) is 0 Å². The van der Waals surface area contributed by atoms with Crippen molar-refractivity contribution >= 4 is 11.8 Å². The Morgan fingerprint density at radius 1 is 1.56 bits per heavy atom. The average molecular weight is 247 g/mol. The lowest BCUT2D eigenvalue weighted by Gasteiger charge is -2.19. The first-order valence-corrected chi connectivity index (χ1v) is 5.83. The van der Waals surface area contributed by atoms with Crippen LogP contribution in [0.15, 0.2) is 12.1 Å². The van der Waals surface area contributed by atoms with E-state index in [4.69, 9.17) is 10.00 Å². The zero-order valence-electron chi connectivity index (χ0n) is 10.9. The molecule has 1 aromatic rings. The smallest absolute Gasteiger partial charge is 0.307 e. The van der Waals surface area contributed by atoms with Gasteiger partial charge in [0.1, 0.15) is 11.9 Å². The van der Waals surface area contributed by atoms with Crippen LogP contribution in [0.2, 0.25) is 0 Å². The van der Waals surface area contributed by atoms with Crippen LogP contribution >= 0.6 is 0 Å². The van der Waals surface area contributed by atoms with Crippen molar-refractivity contribution in [3.63, 3.8) is 0 Å². The molecule has 5 nitrogen and oxygen atoms in total. The second kappa shape index (κ2) is 6.60. The molecule has 0 spiro atoms. The molecule has 0 aromatic carbocycles. The van der Waals surface area contributed by atoms with Gasteiger partial charge in [-0.25, -0.2) is 4.98 Å². The van der Waals surface area contributed by atoms with Gasteiger partial charge in [0.2, 0.25) is 0 Å². The first kappa shape index (κ1) is 14.0. The van der Waals surface area contributed by atoms with Gasteiger partial charge < -0.3 is 9.64 Å². The van der Waals surface area contributed by atoms with Crippen LogP contribution in [0, 0.1) is 18.3 Å². The number of pyridine rings is 1. The van der Waals surface area contributed by atoms with E-state index in [1.54, 1.807) is 24.0 Å². The minimum atomic E-state index is -0.240. The van der Waals surface area contributed by atoms with Gasteiger partial charge in [0.15, 0.2) is 0 Å². The Labute approximate surface area is 107 Å². The summed E-state index contributed by atoms with van der Waals surface area (Å²) >= 11 is 0. The van der Waals surface area contributed by atoms with Crippen molar-refractivity contribution in [3.05, 3.63) is 23.4 Å². The van der Waals surface area contributed by atoms with Crippen LogP contribution in [0.25, 0.3) is 0 Å². The van der Waals surface area contributed by atoms with Crippen LogP contribution in [-0.4, -0.2) is 31.2 Å². The maximum absolute atomic E-state index is 11.3. The number of ether oxygens (including phenoxy) is 1. The number of nitriles is 1. The Morgan fingerprint density at radius 3 is 2.89 bits per heavy atom. The number of esters is 1. The van der Waals surface area contributed by atoms with E-state index in [0.717, 1.165) is 5.69 Å². The summed E-state index contributed by atoms with van der Waals surface area (Å²) in [6.45, 7) is 4.50. The molecule has 0 bridgehead atoms. The quantitative estimate of drug-likeness (QED) is 0.740. The highest BCUT2D eigenvalue weighted by Gasteiger charge is 2.11. The van der Waals surface area contributed by atoms with Crippen molar-refractivity contribution < 1.29 is 9.53 Å². The monoisotopic (exact) mass is 247 g/mol. The molecule has 5 heteroatoms. The van der Waals surface area contributed by atoms with Crippen molar-refractivity contribution in [2.45, 2.75) is 20.3 Å². The van der Waals surface area contributed by atoms with Crippen LogP contribution in [0.4, 0.5) is 5.82 Å². The van der Waals surface area contributed by atoms with Crippen LogP contribution in [0.1, 0.15) is 24.6 Å². The third-order valence-electron chi connectivity index (χ3n) is 2.45. The molecule has 0 aliphatic heterocycles. The highest BCUT2D eigenvalue weighted by atomic mass is 16.5. The van der Waals surface area contributed by atoms with Crippen molar-refractivity contribution in [1.29, 1.82) is 5.26 Å². The summed E-state index contributed by atoms with van der Waals surface area (Å²) in [5, 5.41) is 9.01. The summed E-state index contributed by atoms with van der Waals surface area (Å²) in [4.78, 5) is 17.4. The fourth-order valence-corrected chi connectivity index (χ4v) is 1.52. The number of aromatic nitrogens is 1. The summed E-state index contributed by atoms with van der Waals surface area (Å²) < 4.78 is 4.86. The predicted molar refractivity (Wildman–Crippen MR) is 68.2 cm³/mol. The molecule has 0 N–H and O–H groups in total. The van der Waals surface area contributed by atoms with Gasteiger partial charge >= 0.3 is 5.97 Å². The Balaban J connectivity index is 2.72. The van der Waals surface area contributed by atoms with Gasteiger partial charge in [0.25, 0.3) is 0 Å². The first-order chi connectivity index (χ1) is 8.58. The van der Waals surface area contributed by atoms with Gasteiger partial charge in [-0.1, -0.05) is 0 Å². The molecule has 1 heterocycles. The van der Waals surface area contributed by atoms with Crippen LogP contribution in [0.3, 0.4) is 0 Å². The molecule has 18 heavy (non-hydrogen) atoms. The average Bonchev–Trinajstić information content (AvgIpc) is 2.36. The summed E-state index contributed by atoms with van der Waals surface area (Å²) in [5.74, 6) is 0.359. The summed E-state index contributed by atoms with van der Waals surface area (Å²) in [7, 11) is 1.81. The van der Waals surface area contributed by atoms with Crippen LogP contribution in [-0.2, 0) is 9.53 Å². The molecule has 0 aliphatic carbocycles. The van der Waals surface area contributed by atoms with Crippen molar-refractivity contribution in [2.75, 3.05) is 25.1 Å².